The molecule has 1 atom stereocenters. The van der Waals surface area contributed by atoms with Crippen LogP contribution in [-0.4, -0.2) is 37.5 Å². The molecule has 1 aromatic carbocycles. The molecule has 0 spiro atoms. The van der Waals surface area contributed by atoms with E-state index >= 15 is 0 Å². The summed E-state index contributed by atoms with van der Waals surface area (Å²) in [7, 11) is 0. The zero-order chi connectivity index (χ0) is 18.4. The van der Waals surface area contributed by atoms with Crippen molar-refractivity contribution in [2.24, 2.45) is 0 Å². The van der Waals surface area contributed by atoms with Crippen LogP contribution in [-0.2, 0) is 4.79 Å². The molecule has 0 saturated carbocycles. The van der Waals surface area contributed by atoms with Gasteiger partial charge in [-0.3, -0.25) is 9.36 Å². The number of anilines is 2. The fourth-order valence-electron chi connectivity index (χ4n) is 4.23. The Hall–Kier alpha value is -3.22. The first-order valence-electron chi connectivity index (χ1n) is 9.28. The average Bonchev–Trinajstić information content (AvgIpc) is 3.37. The smallest absolute Gasteiger partial charge is 0.250 e. The van der Waals surface area contributed by atoms with Crippen LogP contribution in [0, 0.1) is 0 Å². The Morgan fingerprint density at radius 3 is 2.89 bits per heavy atom. The number of carbonyl (C=O) groups is 1. The minimum atomic E-state index is -0.490. The molecule has 0 aliphatic carbocycles. The Balaban J connectivity index is 1.62. The maximum atomic E-state index is 12.7. The van der Waals surface area contributed by atoms with Crippen molar-refractivity contribution in [2.45, 2.75) is 31.7 Å². The number of fused-ring (bicyclic) bond motifs is 3. The van der Waals surface area contributed by atoms with Crippen molar-refractivity contribution in [3.8, 4) is 17.3 Å². The van der Waals surface area contributed by atoms with E-state index in [9.17, 15) is 4.79 Å². The van der Waals surface area contributed by atoms with Crippen LogP contribution in [0.1, 0.15) is 26.2 Å². The molecule has 1 N–H and O–H groups in total. The Kier molecular flexibility index (Phi) is 3.50. The van der Waals surface area contributed by atoms with Gasteiger partial charge in [0.25, 0.3) is 0 Å². The van der Waals surface area contributed by atoms with E-state index in [1.165, 1.54) is 0 Å². The summed E-state index contributed by atoms with van der Waals surface area (Å²) in [4.78, 5) is 28.7. The molecule has 136 valence electrons. The first-order valence-corrected chi connectivity index (χ1v) is 9.28. The van der Waals surface area contributed by atoms with E-state index in [1.807, 2.05) is 41.1 Å². The minimum absolute atomic E-state index is 0.0546. The molecule has 1 fully saturated rings. The van der Waals surface area contributed by atoms with Crippen LogP contribution < -0.4 is 10.2 Å². The van der Waals surface area contributed by atoms with Gasteiger partial charge in [-0.1, -0.05) is 37.3 Å². The van der Waals surface area contributed by atoms with Crippen LogP contribution >= 0.6 is 0 Å². The van der Waals surface area contributed by atoms with E-state index in [0.717, 1.165) is 43.0 Å². The summed E-state index contributed by atoms with van der Waals surface area (Å²) < 4.78 is 1.88. The van der Waals surface area contributed by atoms with Crippen LogP contribution in [0.15, 0.2) is 48.9 Å². The Bertz CT molecular complexity index is 1010. The van der Waals surface area contributed by atoms with E-state index in [0.29, 0.717) is 11.6 Å². The monoisotopic (exact) mass is 360 g/mol. The van der Waals surface area contributed by atoms with Gasteiger partial charge in [0.2, 0.25) is 11.9 Å². The first-order chi connectivity index (χ1) is 13.2. The molecule has 0 bridgehead atoms. The van der Waals surface area contributed by atoms with Crippen molar-refractivity contribution in [1.82, 2.24) is 19.5 Å². The zero-order valence-electron chi connectivity index (χ0n) is 15.1. The minimum Gasteiger partial charge on any atom is -0.340 e. The van der Waals surface area contributed by atoms with Crippen LogP contribution in [0.5, 0.6) is 0 Å². The number of benzene rings is 1. The summed E-state index contributed by atoms with van der Waals surface area (Å²) >= 11 is 0. The van der Waals surface area contributed by atoms with Gasteiger partial charge in [0.15, 0.2) is 5.82 Å². The van der Waals surface area contributed by atoms with Gasteiger partial charge in [-0.25, -0.2) is 9.97 Å². The second-order valence-corrected chi connectivity index (χ2v) is 6.99. The molecule has 7 heteroatoms. The van der Waals surface area contributed by atoms with Crippen molar-refractivity contribution >= 4 is 17.4 Å². The van der Waals surface area contributed by atoms with Gasteiger partial charge in [-0.2, -0.15) is 4.98 Å². The third-order valence-corrected chi connectivity index (χ3v) is 5.64. The van der Waals surface area contributed by atoms with Crippen molar-refractivity contribution in [3.05, 3.63) is 48.9 Å². The molecule has 7 nitrogen and oxygen atoms in total. The Morgan fingerprint density at radius 1 is 1.22 bits per heavy atom. The number of hydrogen-bond acceptors (Lipinski definition) is 5. The molecule has 27 heavy (non-hydrogen) atoms. The van der Waals surface area contributed by atoms with Gasteiger partial charge in [-0.15, -0.1) is 0 Å². The van der Waals surface area contributed by atoms with Gasteiger partial charge < -0.3 is 10.2 Å². The summed E-state index contributed by atoms with van der Waals surface area (Å²) in [5.41, 5.74) is 1.19. The van der Waals surface area contributed by atoms with Crippen LogP contribution in [0.25, 0.3) is 17.3 Å². The van der Waals surface area contributed by atoms with Crippen molar-refractivity contribution in [3.63, 3.8) is 0 Å². The summed E-state index contributed by atoms with van der Waals surface area (Å²) in [6.07, 6.45) is 7.91. The fraction of sp³-hybridized carbons (Fsp3) is 0.300. The van der Waals surface area contributed by atoms with E-state index in [4.69, 9.17) is 4.98 Å². The largest absolute Gasteiger partial charge is 0.340 e. The molecule has 4 heterocycles. The lowest BCUT2D eigenvalue weighted by Gasteiger charge is -2.41. The van der Waals surface area contributed by atoms with Crippen LogP contribution in [0.2, 0.25) is 0 Å². The fourth-order valence-corrected chi connectivity index (χ4v) is 4.23. The number of carbonyl (C=O) groups excluding carboxylic acids is 1. The highest BCUT2D eigenvalue weighted by Gasteiger charge is 2.50. The maximum Gasteiger partial charge on any atom is 0.250 e. The topological polar surface area (TPSA) is 75.9 Å². The quantitative estimate of drug-likeness (QED) is 0.777. The number of amides is 1. The van der Waals surface area contributed by atoms with Gasteiger partial charge in [-0.05, 0) is 19.3 Å². The number of hydrogen-bond donors (Lipinski definition) is 1. The van der Waals surface area contributed by atoms with Crippen LogP contribution in [0.3, 0.4) is 0 Å². The lowest BCUT2D eigenvalue weighted by molar-refractivity contribution is -0.121. The summed E-state index contributed by atoms with van der Waals surface area (Å²) in [5, 5.41) is 3.01. The van der Waals surface area contributed by atoms with Crippen molar-refractivity contribution < 1.29 is 4.79 Å². The molecule has 1 saturated heterocycles. The van der Waals surface area contributed by atoms with Crippen molar-refractivity contribution in [2.75, 3.05) is 16.8 Å². The van der Waals surface area contributed by atoms with Gasteiger partial charge in [0.1, 0.15) is 17.1 Å². The van der Waals surface area contributed by atoms with E-state index < -0.39 is 5.54 Å². The predicted molar refractivity (Wildman–Crippen MR) is 103 cm³/mol. The molecule has 1 amide bonds. The van der Waals surface area contributed by atoms with E-state index in [2.05, 4.69) is 27.1 Å². The SMILES string of the molecule is CC[C@@]12CCCN1c1nc(-n3ccnc3-c3ccccc3)ncc1NC2=O. The molecule has 2 aliphatic heterocycles. The van der Waals surface area contributed by atoms with Gasteiger partial charge in [0, 0.05) is 24.5 Å². The number of rotatable bonds is 3. The normalized spacial score (nSPS) is 20.9. The highest BCUT2D eigenvalue weighted by molar-refractivity contribution is 6.06. The molecule has 3 aromatic rings. The van der Waals surface area contributed by atoms with E-state index in [-0.39, 0.29) is 5.91 Å². The molecule has 2 aromatic heterocycles. The van der Waals surface area contributed by atoms with Gasteiger partial charge >= 0.3 is 0 Å². The lowest BCUT2D eigenvalue weighted by Crippen LogP contribution is -2.56. The second-order valence-electron chi connectivity index (χ2n) is 6.99. The first kappa shape index (κ1) is 16.0. The third-order valence-electron chi connectivity index (χ3n) is 5.64. The highest BCUT2D eigenvalue weighted by atomic mass is 16.2. The number of nitrogens with zero attached hydrogens (tertiary/aromatic N) is 5. The Morgan fingerprint density at radius 2 is 2.07 bits per heavy atom. The molecule has 5 rings (SSSR count). The third kappa shape index (κ3) is 2.27. The number of nitrogens with one attached hydrogen (secondary N) is 1. The predicted octanol–water partition coefficient (Wildman–Crippen LogP) is 3.03. The number of imidazole rings is 1. The summed E-state index contributed by atoms with van der Waals surface area (Å²) in [6, 6.07) is 9.97. The zero-order valence-corrected chi connectivity index (χ0v) is 15.1. The van der Waals surface area contributed by atoms with Gasteiger partial charge in [0.05, 0.1) is 6.20 Å². The summed E-state index contributed by atoms with van der Waals surface area (Å²) in [5.74, 6) is 2.20. The Labute approximate surface area is 157 Å². The molecule has 2 aliphatic rings. The summed E-state index contributed by atoms with van der Waals surface area (Å²) in [6.45, 7) is 2.90. The molecule has 0 unspecified atom stereocenters. The van der Waals surface area contributed by atoms with Crippen LogP contribution in [0.4, 0.5) is 11.5 Å². The molecule has 0 radical (unpaired) electrons. The van der Waals surface area contributed by atoms with E-state index in [1.54, 1.807) is 12.4 Å². The van der Waals surface area contributed by atoms with Crippen molar-refractivity contribution in [1.29, 1.82) is 0 Å². The second kappa shape index (κ2) is 5.90. The average molecular weight is 360 g/mol. The highest BCUT2D eigenvalue weighted by Crippen LogP contribution is 2.43. The molecular formula is C20H20N6O. The standard InChI is InChI=1S/C20H20N6O/c1-2-20-9-6-11-26(20)17-15(23-18(20)27)13-22-19(24-17)25-12-10-21-16(25)14-7-4-3-5-8-14/h3-5,7-8,10,12-13H,2,6,9,11H2,1H3,(H,23,27)/t20-/m0/s1. The molecular weight excluding hydrogens is 340 g/mol. The lowest BCUT2D eigenvalue weighted by atomic mass is 9.90. The number of aromatic nitrogens is 4. The maximum absolute atomic E-state index is 12.7.